The van der Waals surface area contributed by atoms with Crippen LogP contribution in [0.25, 0.3) is 0 Å². The standard InChI is InChI=1S/C23H22N2O6/c1-30-16-6-7-21(31-2)17(11-16)14-9-19-23(20(26)10-14)18(12-22(27)24-19)13-4-3-5-15(8-13)25(28)29/h3-8,11,14,18H,9-10,12H2,1-2H3,(H,24,27)/t14-,18-/m1/s1. The van der Waals surface area contributed by atoms with Crippen LogP contribution in [0.15, 0.2) is 53.7 Å². The normalized spacial score (nSPS) is 20.7. The predicted molar refractivity (Wildman–Crippen MR) is 112 cm³/mol. The van der Waals surface area contributed by atoms with Gasteiger partial charge >= 0.3 is 0 Å². The van der Waals surface area contributed by atoms with Crippen LogP contribution < -0.4 is 14.8 Å². The molecule has 4 rings (SSSR count). The zero-order valence-electron chi connectivity index (χ0n) is 17.2. The fraction of sp³-hybridized carbons (Fsp3) is 0.304. The summed E-state index contributed by atoms with van der Waals surface area (Å²) < 4.78 is 10.8. The molecule has 160 valence electrons. The van der Waals surface area contributed by atoms with Crippen LogP contribution in [0, 0.1) is 10.1 Å². The molecule has 0 saturated carbocycles. The van der Waals surface area contributed by atoms with E-state index in [-0.39, 0.29) is 36.1 Å². The number of allylic oxidation sites excluding steroid dienone is 2. The van der Waals surface area contributed by atoms with Crippen molar-refractivity contribution in [2.45, 2.75) is 31.1 Å². The van der Waals surface area contributed by atoms with Gasteiger partial charge < -0.3 is 14.8 Å². The minimum Gasteiger partial charge on any atom is -0.497 e. The van der Waals surface area contributed by atoms with Crippen molar-refractivity contribution in [3.05, 3.63) is 75.0 Å². The van der Waals surface area contributed by atoms with E-state index in [1.807, 2.05) is 6.07 Å². The number of ether oxygens (including phenoxy) is 2. The maximum Gasteiger partial charge on any atom is 0.269 e. The number of nitrogens with one attached hydrogen (secondary N) is 1. The highest BCUT2D eigenvalue weighted by atomic mass is 16.6. The van der Waals surface area contributed by atoms with Crippen LogP contribution >= 0.6 is 0 Å². The number of methoxy groups -OCH3 is 2. The highest BCUT2D eigenvalue weighted by Gasteiger charge is 2.39. The summed E-state index contributed by atoms with van der Waals surface area (Å²) in [6, 6.07) is 11.6. The van der Waals surface area contributed by atoms with Crippen LogP contribution in [0.5, 0.6) is 11.5 Å². The van der Waals surface area contributed by atoms with E-state index in [0.29, 0.717) is 34.8 Å². The molecule has 0 aromatic heterocycles. The van der Waals surface area contributed by atoms with Crippen molar-refractivity contribution < 1.29 is 24.0 Å². The van der Waals surface area contributed by atoms with E-state index in [2.05, 4.69) is 5.32 Å². The van der Waals surface area contributed by atoms with Gasteiger partial charge in [0.05, 0.1) is 19.1 Å². The summed E-state index contributed by atoms with van der Waals surface area (Å²) in [7, 11) is 3.14. The van der Waals surface area contributed by atoms with Crippen molar-refractivity contribution >= 4 is 17.4 Å². The topological polar surface area (TPSA) is 108 Å². The third-order valence-corrected chi connectivity index (χ3v) is 5.90. The number of amides is 1. The molecule has 1 aliphatic heterocycles. The molecule has 0 spiro atoms. The number of hydrogen-bond donors (Lipinski definition) is 1. The average Bonchev–Trinajstić information content (AvgIpc) is 2.77. The quantitative estimate of drug-likeness (QED) is 0.582. The molecule has 1 aliphatic carbocycles. The lowest BCUT2D eigenvalue weighted by Crippen LogP contribution is -2.38. The first-order chi connectivity index (χ1) is 14.9. The van der Waals surface area contributed by atoms with E-state index in [1.165, 1.54) is 12.1 Å². The molecule has 1 N–H and O–H groups in total. The Bertz CT molecular complexity index is 1110. The molecular formula is C23H22N2O6. The number of ketones is 1. The molecule has 0 radical (unpaired) electrons. The molecule has 0 unspecified atom stereocenters. The molecule has 2 atom stereocenters. The van der Waals surface area contributed by atoms with Gasteiger partial charge in [-0.3, -0.25) is 19.7 Å². The summed E-state index contributed by atoms with van der Waals surface area (Å²) >= 11 is 0. The SMILES string of the molecule is COc1ccc(OC)c([C@H]2CC(=O)C3=C(C2)NC(=O)C[C@@H]3c2cccc([N+](=O)[O-])c2)c1. The van der Waals surface area contributed by atoms with Crippen molar-refractivity contribution in [2.24, 2.45) is 0 Å². The van der Waals surface area contributed by atoms with Crippen molar-refractivity contribution in [3.63, 3.8) is 0 Å². The molecular weight excluding hydrogens is 400 g/mol. The van der Waals surface area contributed by atoms with Gasteiger partial charge in [0.15, 0.2) is 5.78 Å². The second-order valence-corrected chi connectivity index (χ2v) is 7.69. The number of carbonyl (C=O) groups excluding carboxylic acids is 2. The zero-order chi connectivity index (χ0) is 22.1. The van der Waals surface area contributed by atoms with Crippen LogP contribution in [0.1, 0.15) is 42.2 Å². The van der Waals surface area contributed by atoms with Crippen LogP contribution in [0.3, 0.4) is 0 Å². The van der Waals surface area contributed by atoms with Gasteiger partial charge in [0.25, 0.3) is 5.69 Å². The lowest BCUT2D eigenvalue weighted by Gasteiger charge is -2.34. The predicted octanol–water partition coefficient (Wildman–Crippen LogP) is 3.62. The summed E-state index contributed by atoms with van der Waals surface area (Å²) in [5.41, 5.74) is 2.50. The minimum atomic E-state index is -0.496. The molecule has 2 aromatic rings. The van der Waals surface area contributed by atoms with Gasteiger partial charge in [-0.15, -0.1) is 0 Å². The van der Waals surface area contributed by atoms with Crippen molar-refractivity contribution in [2.75, 3.05) is 14.2 Å². The van der Waals surface area contributed by atoms with E-state index in [1.54, 1.807) is 38.5 Å². The average molecular weight is 422 g/mol. The van der Waals surface area contributed by atoms with Gasteiger partial charge in [0.2, 0.25) is 5.91 Å². The molecule has 31 heavy (non-hydrogen) atoms. The van der Waals surface area contributed by atoms with E-state index in [4.69, 9.17) is 9.47 Å². The lowest BCUT2D eigenvalue weighted by atomic mass is 9.73. The molecule has 0 saturated heterocycles. The second kappa shape index (κ2) is 8.22. The fourth-order valence-electron chi connectivity index (χ4n) is 4.48. The Kier molecular flexibility index (Phi) is 5.46. The Morgan fingerprint density at radius 3 is 2.55 bits per heavy atom. The van der Waals surface area contributed by atoms with Gasteiger partial charge in [-0.25, -0.2) is 0 Å². The van der Waals surface area contributed by atoms with Gasteiger partial charge in [-0.2, -0.15) is 0 Å². The smallest absolute Gasteiger partial charge is 0.269 e. The van der Waals surface area contributed by atoms with Crippen molar-refractivity contribution in [3.8, 4) is 11.5 Å². The number of rotatable bonds is 5. The molecule has 2 aromatic carbocycles. The second-order valence-electron chi connectivity index (χ2n) is 7.69. The van der Waals surface area contributed by atoms with Gasteiger partial charge in [-0.05, 0) is 30.2 Å². The minimum absolute atomic E-state index is 0.0621. The number of benzene rings is 2. The largest absolute Gasteiger partial charge is 0.497 e. The van der Waals surface area contributed by atoms with Gasteiger partial charge in [-0.1, -0.05) is 12.1 Å². The maximum absolute atomic E-state index is 13.3. The van der Waals surface area contributed by atoms with E-state index >= 15 is 0 Å². The monoisotopic (exact) mass is 422 g/mol. The van der Waals surface area contributed by atoms with Gasteiger partial charge in [0, 0.05) is 53.6 Å². The Hall–Kier alpha value is -3.68. The van der Waals surface area contributed by atoms with E-state index in [9.17, 15) is 19.7 Å². The van der Waals surface area contributed by atoms with Crippen LogP contribution in [0.4, 0.5) is 5.69 Å². The number of Topliss-reactive ketones (excluding diaryl/α,β-unsaturated/α-hetero) is 1. The number of nitrogens with zero attached hydrogens (tertiary/aromatic N) is 1. The summed E-state index contributed by atoms with van der Waals surface area (Å²) in [4.78, 5) is 36.4. The Morgan fingerprint density at radius 1 is 1.03 bits per heavy atom. The van der Waals surface area contributed by atoms with E-state index < -0.39 is 10.8 Å². The first-order valence-corrected chi connectivity index (χ1v) is 9.93. The molecule has 0 bridgehead atoms. The Morgan fingerprint density at radius 2 is 1.84 bits per heavy atom. The number of nitro benzene ring substituents is 1. The summed E-state index contributed by atoms with van der Waals surface area (Å²) in [5.74, 6) is 0.351. The van der Waals surface area contributed by atoms with Crippen LogP contribution in [-0.2, 0) is 9.59 Å². The first kappa shape index (κ1) is 20.6. The Labute approximate surface area is 179 Å². The molecule has 2 aliphatic rings. The lowest BCUT2D eigenvalue weighted by molar-refractivity contribution is -0.384. The number of carbonyl (C=O) groups is 2. The molecule has 8 heteroatoms. The third kappa shape index (κ3) is 3.88. The summed E-state index contributed by atoms with van der Waals surface area (Å²) in [5, 5.41) is 14.1. The summed E-state index contributed by atoms with van der Waals surface area (Å²) in [6.07, 6.45) is 0.796. The number of non-ortho nitro benzene ring substituents is 1. The highest BCUT2D eigenvalue weighted by Crippen LogP contribution is 2.45. The van der Waals surface area contributed by atoms with Crippen LogP contribution in [0.2, 0.25) is 0 Å². The summed E-state index contributed by atoms with van der Waals surface area (Å²) in [6.45, 7) is 0. The molecule has 8 nitrogen and oxygen atoms in total. The van der Waals surface area contributed by atoms with Crippen molar-refractivity contribution in [1.29, 1.82) is 0 Å². The Balaban J connectivity index is 1.74. The zero-order valence-corrected chi connectivity index (χ0v) is 17.2. The fourth-order valence-corrected chi connectivity index (χ4v) is 4.48. The van der Waals surface area contributed by atoms with Crippen LogP contribution in [-0.4, -0.2) is 30.8 Å². The van der Waals surface area contributed by atoms with Gasteiger partial charge in [0.1, 0.15) is 11.5 Å². The third-order valence-electron chi connectivity index (χ3n) is 5.90. The maximum atomic E-state index is 13.3. The molecule has 1 amide bonds. The molecule has 0 fully saturated rings. The van der Waals surface area contributed by atoms with E-state index in [0.717, 1.165) is 5.56 Å². The highest BCUT2D eigenvalue weighted by molar-refractivity contribution is 6.02. The first-order valence-electron chi connectivity index (χ1n) is 9.93. The van der Waals surface area contributed by atoms with Crippen molar-refractivity contribution in [1.82, 2.24) is 5.32 Å². The number of nitro groups is 1. The molecule has 1 heterocycles. The number of hydrogen-bond acceptors (Lipinski definition) is 6.